The lowest BCUT2D eigenvalue weighted by molar-refractivity contribution is -0.116. The van der Waals surface area contributed by atoms with Gasteiger partial charge in [0.15, 0.2) is 0 Å². The van der Waals surface area contributed by atoms with E-state index in [2.05, 4.69) is 29.4 Å². The maximum atomic E-state index is 12.3. The Morgan fingerprint density at radius 3 is 2.04 bits per heavy atom. The smallest absolute Gasteiger partial charge is 0.224 e. The molecule has 0 aromatic carbocycles. The van der Waals surface area contributed by atoms with Crippen LogP contribution in [0, 0.1) is 27.7 Å². The number of rotatable bonds is 6. The largest absolute Gasteiger partial charge is 0.323 e. The summed E-state index contributed by atoms with van der Waals surface area (Å²) in [6.07, 6.45) is 1.16. The molecule has 2 heterocycles. The van der Waals surface area contributed by atoms with E-state index in [1.54, 1.807) is 0 Å². The van der Waals surface area contributed by atoms with E-state index in [0.717, 1.165) is 41.6 Å². The average Bonchev–Trinajstić information content (AvgIpc) is 2.95. The third-order valence-electron chi connectivity index (χ3n) is 4.38. The van der Waals surface area contributed by atoms with Gasteiger partial charge in [0.05, 0.1) is 22.8 Å². The zero-order valence-electron chi connectivity index (χ0n) is 15.0. The van der Waals surface area contributed by atoms with E-state index in [0.29, 0.717) is 12.8 Å². The first kappa shape index (κ1) is 17.2. The summed E-state index contributed by atoms with van der Waals surface area (Å²) in [4.78, 5) is 12.3. The Morgan fingerprint density at radius 1 is 0.957 bits per heavy atom. The highest BCUT2D eigenvalue weighted by molar-refractivity contribution is 5.92. The molecule has 0 aliphatic carbocycles. The van der Waals surface area contributed by atoms with Crippen molar-refractivity contribution in [2.24, 2.45) is 0 Å². The van der Waals surface area contributed by atoms with Gasteiger partial charge in [-0.15, -0.1) is 0 Å². The Kier molecular flexibility index (Phi) is 5.23. The zero-order chi connectivity index (χ0) is 17.1. The number of anilines is 1. The predicted molar refractivity (Wildman–Crippen MR) is 91.7 cm³/mol. The molecule has 2 aromatic heterocycles. The summed E-state index contributed by atoms with van der Waals surface area (Å²) in [7, 11) is 0. The van der Waals surface area contributed by atoms with E-state index in [9.17, 15) is 4.79 Å². The van der Waals surface area contributed by atoms with Crippen molar-refractivity contribution in [1.29, 1.82) is 0 Å². The first-order valence-electron chi connectivity index (χ1n) is 8.25. The lowest BCUT2D eigenvalue weighted by Gasteiger charge is -2.07. The lowest BCUT2D eigenvalue weighted by Crippen LogP contribution is -2.14. The first-order chi connectivity index (χ1) is 10.9. The van der Waals surface area contributed by atoms with Crippen molar-refractivity contribution < 1.29 is 4.79 Å². The van der Waals surface area contributed by atoms with Crippen molar-refractivity contribution in [3.8, 4) is 0 Å². The fraction of sp³-hybridized carbons (Fsp3) is 0.588. The van der Waals surface area contributed by atoms with Crippen molar-refractivity contribution >= 4 is 11.6 Å². The van der Waals surface area contributed by atoms with Crippen LogP contribution in [0.25, 0.3) is 0 Å². The average molecular weight is 317 g/mol. The molecule has 0 saturated carbocycles. The van der Waals surface area contributed by atoms with Crippen LogP contribution in [0.2, 0.25) is 0 Å². The summed E-state index contributed by atoms with van der Waals surface area (Å²) < 4.78 is 3.90. The fourth-order valence-electron chi connectivity index (χ4n) is 3.03. The maximum absolute atomic E-state index is 12.3. The molecule has 0 atom stereocenters. The molecule has 2 aromatic rings. The SMILES string of the molecule is CCn1nc(C)c(CCC(=O)Nc2c(C)nn(CC)c2C)c1C. The van der Waals surface area contributed by atoms with Crippen LogP contribution in [0.1, 0.15) is 48.6 Å². The van der Waals surface area contributed by atoms with Crippen molar-refractivity contribution in [2.75, 3.05) is 5.32 Å². The van der Waals surface area contributed by atoms with Gasteiger partial charge in [0.25, 0.3) is 0 Å². The van der Waals surface area contributed by atoms with Gasteiger partial charge in [-0.3, -0.25) is 14.2 Å². The fourth-order valence-corrected chi connectivity index (χ4v) is 3.03. The molecule has 2 rings (SSSR count). The molecule has 0 spiro atoms. The van der Waals surface area contributed by atoms with E-state index in [-0.39, 0.29) is 5.91 Å². The number of nitrogens with zero attached hydrogens (tertiary/aromatic N) is 4. The second kappa shape index (κ2) is 6.98. The number of hydrogen-bond donors (Lipinski definition) is 1. The Hall–Kier alpha value is -2.11. The van der Waals surface area contributed by atoms with Crippen molar-refractivity contribution in [3.63, 3.8) is 0 Å². The van der Waals surface area contributed by atoms with E-state index in [1.165, 1.54) is 5.56 Å². The minimum Gasteiger partial charge on any atom is -0.323 e. The summed E-state index contributed by atoms with van der Waals surface area (Å²) in [5, 5.41) is 11.9. The number of carbonyl (C=O) groups is 1. The third-order valence-corrected chi connectivity index (χ3v) is 4.38. The Balaban J connectivity index is 2.04. The van der Waals surface area contributed by atoms with Crippen LogP contribution in [0.3, 0.4) is 0 Å². The lowest BCUT2D eigenvalue weighted by atomic mass is 10.1. The standard InChI is InChI=1S/C17H27N5O/c1-7-21-13(5)15(11(3)19-21)9-10-16(23)18-17-12(4)20-22(8-2)14(17)6/h7-10H2,1-6H3,(H,18,23). The maximum Gasteiger partial charge on any atom is 0.224 e. The van der Waals surface area contributed by atoms with E-state index >= 15 is 0 Å². The van der Waals surface area contributed by atoms with Crippen LogP contribution in [-0.2, 0) is 24.3 Å². The van der Waals surface area contributed by atoms with Gasteiger partial charge in [-0.2, -0.15) is 10.2 Å². The number of aryl methyl sites for hydroxylation is 4. The van der Waals surface area contributed by atoms with E-state index in [1.807, 2.05) is 37.1 Å². The molecule has 0 radical (unpaired) electrons. The number of carbonyl (C=O) groups excluding carboxylic acids is 1. The van der Waals surface area contributed by atoms with Gasteiger partial charge in [-0.25, -0.2) is 0 Å². The molecule has 0 bridgehead atoms. The minimum absolute atomic E-state index is 0.0231. The molecule has 0 saturated heterocycles. The molecule has 0 unspecified atom stereocenters. The van der Waals surface area contributed by atoms with E-state index in [4.69, 9.17) is 0 Å². The van der Waals surface area contributed by atoms with E-state index < -0.39 is 0 Å². The summed E-state index contributed by atoms with van der Waals surface area (Å²) in [5.41, 5.74) is 6.06. The summed E-state index contributed by atoms with van der Waals surface area (Å²) >= 11 is 0. The molecule has 0 aliphatic heterocycles. The van der Waals surface area contributed by atoms with Gasteiger partial charge < -0.3 is 5.32 Å². The second-order valence-corrected chi connectivity index (χ2v) is 5.87. The van der Waals surface area contributed by atoms with Crippen LogP contribution in [0.15, 0.2) is 0 Å². The molecule has 23 heavy (non-hydrogen) atoms. The molecular weight excluding hydrogens is 290 g/mol. The molecule has 126 valence electrons. The Morgan fingerprint density at radius 2 is 1.52 bits per heavy atom. The molecule has 0 aliphatic rings. The topological polar surface area (TPSA) is 64.7 Å². The van der Waals surface area contributed by atoms with Crippen LogP contribution in [0.5, 0.6) is 0 Å². The quantitative estimate of drug-likeness (QED) is 0.891. The third kappa shape index (κ3) is 3.46. The van der Waals surface area contributed by atoms with Crippen LogP contribution < -0.4 is 5.32 Å². The number of amides is 1. The number of hydrogen-bond acceptors (Lipinski definition) is 3. The highest BCUT2D eigenvalue weighted by atomic mass is 16.1. The van der Waals surface area contributed by atoms with Crippen LogP contribution in [0.4, 0.5) is 5.69 Å². The number of aromatic nitrogens is 4. The highest BCUT2D eigenvalue weighted by Gasteiger charge is 2.15. The van der Waals surface area contributed by atoms with Crippen LogP contribution in [-0.4, -0.2) is 25.5 Å². The summed E-state index contributed by atoms with van der Waals surface area (Å²) in [6, 6.07) is 0. The van der Waals surface area contributed by atoms with Gasteiger partial charge in [0, 0.05) is 25.2 Å². The van der Waals surface area contributed by atoms with Gasteiger partial charge in [-0.1, -0.05) is 0 Å². The van der Waals surface area contributed by atoms with Gasteiger partial charge in [0.1, 0.15) is 0 Å². The Bertz CT molecular complexity index is 711. The van der Waals surface area contributed by atoms with Gasteiger partial charge >= 0.3 is 0 Å². The van der Waals surface area contributed by atoms with Gasteiger partial charge in [0.2, 0.25) is 5.91 Å². The molecule has 1 N–H and O–H groups in total. The molecular formula is C17H27N5O. The summed E-state index contributed by atoms with van der Waals surface area (Å²) in [6.45, 7) is 13.8. The summed E-state index contributed by atoms with van der Waals surface area (Å²) in [5.74, 6) is 0.0231. The van der Waals surface area contributed by atoms with Crippen LogP contribution >= 0.6 is 0 Å². The molecule has 6 heteroatoms. The normalized spacial score (nSPS) is 11.0. The second-order valence-electron chi connectivity index (χ2n) is 5.87. The molecule has 6 nitrogen and oxygen atoms in total. The van der Waals surface area contributed by atoms with Crippen molar-refractivity contribution in [1.82, 2.24) is 19.6 Å². The van der Waals surface area contributed by atoms with Crippen molar-refractivity contribution in [2.45, 2.75) is 67.5 Å². The Labute approximate surface area is 137 Å². The highest BCUT2D eigenvalue weighted by Crippen LogP contribution is 2.20. The first-order valence-corrected chi connectivity index (χ1v) is 8.25. The predicted octanol–water partition coefficient (Wildman–Crippen LogP) is 2.92. The van der Waals surface area contributed by atoms with Gasteiger partial charge in [-0.05, 0) is 53.5 Å². The molecule has 1 amide bonds. The number of nitrogens with one attached hydrogen (secondary N) is 1. The van der Waals surface area contributed by atoms with Crippen molar-refractivity contribution in [3.05, 3.63) is 28.3 Å². The monoisotopic (exact) mass is 317 g/mol. The minimum atomic E-state index is 0.0231. The molecule has 0 fully saturated rings. The zero-order valence-corrected chi connectivity index (χ0v) is 15.0.